The minimum absolute atomic E-state index is 0.152. The lowest BCUT2D eigenvalue weighted by molar-refractivity contribution is 0.556. The summed E-state index contributed by atoms with van der Waals surface area (Å²) in [4.78, 5) is 0. The van der Waals surface area contributed by atoms with Crippen LogP contribution in [0.1, 0.15) is 23.6 Å². The van der Waals surface area contributed by atoms with Crippen LogP contribution in [0.5, 0.6) is 0 Å². The molecule has 0 unspecified atom stereocenters. The van der Waals surface area contributed by atoms with Gasteiger partial charge < -0.3 is 0 Å². The second-order valence-corrected chi connectivity index (χ2v) is 4.78. The second kappa shape index (κ2) is 3.34. The van der Waals surface area contributed by atoms with E-state index in [1.807, 2.05) is 24.3 Å². The molecule has 0 bridgehead atoms. The zero-order valence-corrected chi connectivity index (χ0v) is 8.42. The molecule has 4 nitrogen and oxygen atoms in total. The van der Waals surface area contributed by atoms with Gasteiger partial charge in [-0.3, -0.25) is 0 Å². The fourth-order valence-corrected chi connectivity index (χ4v) is 2.52. The summed E-state index contributed by atoms with van der Waals surface area (Å²) >= 11 is 0. The van der Waals surface area contributed by atoms with Gasteiger partial charge in [0.15, 0.2) is 0 Å². The van der Waals surface area contributed by atoms with Gasteiger partial charge in [0.25, 0.3) is 10.2 Å². The molecule has 5 heteroatoms. The van der Waals surface area contributed by atoms with Crippen molar-refractivity contribution in [3.8, 4) is 0 Å². The standard InChI is InChI=1S/C9H12N2O2S/c10-14(12,13)11-9-6-5-7-3-1-2-4-8(7)9/h1-4,9,11H,5-6H2,(H2,10,12,13)/t9-/m0/s1. The molecule has 0 heterocycles. The largest absolute Gasteiger partial charge is 0.274 e. The maximum absolute atomic E-state index is 10.9. The lowest BCUT2D eigenvalue weighted by Gasteiger charge is -2.11. The van der Waals surface area contributed by atoms with Crippen molar-refractivity contribution >= 4 is 10.2 Å². The highest BCUT2D eigenvalue weighted by Gasteiger charge is 2.24. The Morgan fingerprint density at radius 1 is 1.36 bits per heavy atom. The van der Waals surface area contributed by atoms with Crippen LogP contribution in [0.4, 0.5) is 0 Å². The highest BCUT2D eigenvalue weighted by molar-refractivity contribution is 7.87. The van der Waals surface area contributed by atoms with Crippen LogP contribution in [-0.2, 0) is 16.6 Å². The van der Waals surface area contributed by atoms with Gasteiger partial charge in [0.05, 0.1) is 0 Å². The van der Waals surface area contributed by atoms with Crippen molar-refractivity contribution < 1.29 is 8.42 Å². The molecule has 0 amide bonds. The van der Waals surface area contributed by atoms with Crippen molar-refractivity contribution in [2.45, 2.75) is 18.9 Å². The fraction of sp³-hybridized carbons (Fsp3) is 0.333. The van der Waals surface area contributed by atoms with Gasteiger partial charge in [-0.2, -0.15) is 13.1 Å². The number of nitrogens with one attached hydrogen (secondary N) is 1. The third-order valence-electron chi connectivity index (χ3n) is 2.44. The Bertz CT molecular complexity index is 442. The van der Waals surface area contributed by atoms with Crippen LogP contribution in [-0.4, -0.2) is 8.42 Å². The van der Waals surface area contributed by atoms with Crippen LogP contribution >= 0.6 is 0 Å². The summed E-state index contributed by atoms with van der Waals surface area (Å²) in [6.45, 7) is 0. The molecule has 1 aromatic carbocycles. The van der Waals surface area contributed by atoms with Crippen LogP contribution in [0, 0.1) is 0 Å². The summed E-state index contributed by atoms with van der Waals surface area (Å²) in [5, 5.41) is 4.93. The first-order valence-corrected chi connectivity index (χ1v) is 5.99. The summed E-state index contributed by atoms with van der Waals surface area (Å²) in [6, 6.07) is 7.66. The van der Waals surface area contributed by atoms with E-state index in [2.05, 4.69) is 4.72 Å². The highest BCUT2D eigenvalue weighted by Crippen LogP contribution is 2.30. The normalized spacial score (nSPS) is 20.8. The molecule has 1 aliphatic rings. The predicted molar refractivity (Wildman–Crippen MR) is 53.7 cm³/mol. The van der Waals surface area contributed by atoms with Crippen molar-refractivity contribution in [3.63, 3.8) is 0 Å². The molecule has 1 aromatic rings. The van der Waals surface area contributed by atoms with Crippen molar-refractivity contribution in [1.29, 1.82) is 0 Å². The number of aryl methyl sites for hydroxylation is 1. The molecule has 1 atom stereocenters. The molecule has 0 saturated heterocycles. The smallest absolute Gasteiger partial charge is 0.216 e. The van der Waals surface area contributed by atoms with Gasteiger partial charge >= 0.3 is 0 Å². The molecule has 2 rings (SSSR count). The third kappa shape index (κ3) is 1.95. The number of rotatable bonds is 2. The lowest BCUT2D eigenvalue weighted by atomic mass is 10.1. The fourth-order valence-electron chi connectivity index (χ4n) is 1.88. The average molecular weight is 212 g/mol. The van der Waals surface area contributed by atoms with Gasteiger partial charge in [-0.05, 0) is 24.0 Å². The number of hydrogen-bond donors (Lipinski definition) is 2. The van der Waals surface area contributed by atoms with E-state index in [0.29, 0.717) is 0 Å². The van der Waals surface area contributed by atoms with E-state index in [9.17, 15) is 8.42 Å². The Kier molecular flexibility index (Phi) is 2.30. The van der Waals surface area contributed by atoms with Crippen molar-refractivity contribution in [2.24, 2.45) is 5.14 Å². The van der Waals surface area contributed by atoms with Crippen LogP contribution in [0.2, 0.25) is 0 Å². The topological polar surface area (TPSA) is 72.2 Å². The Morgan fingerprint density at radius 3 is 2.79 bits per heavy atom. The summed E-state index contributed by atoms with van der Waals surface area (Å²) in [6.07, 6.45) is 1.69. The first-order valence-electron chi connectivity index (χ1n) is 4.44. The number of fused-ring (bicyclic) bond motifs is 1. The number of hydrogen-bond acceptors (Lipinski definition) is 2. The minimum atomic E-state index is -3.60. The monoisotopic (exact) mass is 212 g/mol. The zero-order chi connectivity index (χ0) is 10.2. The maximum Gasteiger partial charge on any atom is 0.274 e. The Morgan fingerprint density at radius 2 is 2.07 bits per heavy atom. The van der Waals surface area contributed by atoms with E-state index in [-0.39, 0.29) is 6.04 Å². The molecule has 1 aliphatic carbocycles. The van der Waals surface area contributed by atoms with E-state index in [1.54, 1.807) is 0 Å². The van der Waals surface area contributed by atoms with Crippen molar-refractivity contribution in [3.05, 3.63) is 35.4 Å². The molecule has 0 radical (unpaired) electrons. The molecule has 0 aromatic heterocycles. The van der Waals surface area contributed by atoms with Crippen LogP contribution in [0.3, 0.4) is 0 Å². The SMILES string of the molecule is NS(=O)(=O)N[C@H]1CCc2ccccc21. The lowest BCUT2D eigenvalue weighted by Crippen LogP contribution is -2.33. The zero-order valence-electron chi connectivity index (χ0n) is 7.60. The summed E-state index contributed by atoms with van der Waals surface area (Å²) < 4.78 is 24.2. The Balaban J connectivity index is 2.27. The third-order valence-corrected chi connectivity index (χ3v) is 3.05. The molecule has 0 spiro atoms. The second-order valence-electron chi connectivity index (χ2n) is 3.45. The van der Waals surface area contributed by atoms with Gasteiger partial charge in [0.1, 0.15) is 0 Å². The Hall–Kier alpha value is -0.910. The van der Waals surface area contributed by atoms with Crippen molar-refractivity contribution in [1.82, 2.24) is 4.72 Å². The van der Waals surface area contributed by atoms with Crippen LogP contribution < -0.4 is 9.86 Å². The number of nitrogens with two attached hydrogens (primary N) is 1. The van der Waals surface area contributed by atoms with E-state index >= 15 is 0 Å². The molecule has 0 saturated carbocycles. The Labute approximate surface area is 83.3 Å². The number of benzene rings is 1. The average Bonchev–Trinajstić information content (AvgIpc) is 2.47. The van der Waals surface area contributed by atoms with Gasteiger partial charge in [0, 0.05) is 6.04 Å². The van der Waals surface area contributed by atoms with Crippen LogP contribution in [0.25, 0.3) is 0 Å². The quantitative estimate of drug-likeness (QED) is 0.747. The van der Waals surface area contributed by atoms with E-state index in [4.69, 9.17) is 5.14 Å². The highest BCUT2D eigenvalue weighted by atomic mass is 32.2. The van der Waals surface area contributed by atoms with E-state index in [0.717, 1.165) is 18.4 Å². The summed E-state index contributed by atoms with van der Waals surface area (Å²) in [5.74, 6) is 0. The molecular formula is C9H12N2O2S. The van der Waals surface area contributed by atoms with Crippen molar-refractivity contribution in [2.75, 3.05) is 0 Å². The first-order chi connectivity index (χ1) is 6.56. The van der Waals surface area contributed by atoms with Gasteiger partial charge in [-0.15, -0.1) is 0 Å². The maximum atomic E-state index is 10.9. The molecule has 3 N–H and O–H groups in total. The van der Waals surface area contributed by atoms with Crippen LogP contribution in [0.15, 0.2) is 24.3 Å². The molecule has 0 aliphatic heterocycles. The first kappa shape index (κ1) is 9.64. The molecule has 76 valence electrons. The van der Waals surface area contributed by atoms with Gasteiger partial charge in [-0.25, -0.2) is 5.14 Å². The minimum Gasteiger partial charge on any atom is -0.216 e. The predicted octanol–water partition coefficient (Wildman–Crippen LogP) is 0.467. The molecular weight excluding hydrogens is 200 g/mol. The summed E-state index contributed by atoms with van der Waals surface area (Å²) in [7, 11) is -3.60. The molecule has 14 heavy (non-hydrogen) atoms. The molecule has 0 fully saturated rings. The van der Waals surface area contributed by atoms with Gasteiger partial charge in [0.2, 0.25) is 0 Å². The summed E-state index contributed by atoms with van der Waals surface area (Å²) in [5.41, 5.74) is 2.25. The van der Waals surface area contributed by atoms with Gasteiger partial charge in [-0.1, -0.05) is 24.3 Å². The van der Waals surface area contributed by atoms with E-state index in [1.165, 1.54) is 5.56 Å². The van der Waals surface area contributed by atoms with E-state index < -0.39 is 10.2 Å².